The third kappa shape index (κ3) is 3.85. The van der Waals surface area contributed by atoms with Crippen LogP contribution in [0.3, 0.4) is 0 Å². The summed E-state index contributed by atoms with van der Waals surface area (Å²) in [5.41, 5.74) is 2.13. The number of carbonyl (C=O) groups excluding carboxylic acids is 1. The maximum atomic E-state index is 13.0. The summed E-state index contributed by atoms with van der Waals surface area (Å²) < 4.78 is 16.3. The molecule has 0 bridgehead atoms. The van der Waals surface area contributed by atoms with Gasteiger partial charge in [-0.3, -0.25) is 4.79 Å². The summed E-state index contributed by atoms with van der Waals surface area (Å²) in [5, 5.41) is 11.0. The van der Waals surface area contributed by atoms with E-state index in [1.807, 2.05) is 48.5 Å². The minimum atomic E-state index is -1.05. The van der Waals surface area contributed by atoms with Crippen molar-refractivity contribution in [3.63, 3.8) is 0 Å². The first-order chi connectivity index (χ1) is 13.7. The van der Waals surface area contributed by atoms with E-state index >= 15 is 0 Å². The van der Waals surface area contributed by atoms with E-state index in [0.717, 1.165) is 5.56 Å². The predicted octanol–water partition coefficient (Wildman–Crippen LogP) is 3.98. The van der Waals surface area contributed by atoms with Crippen LogP contribution < -0.4 is 9.47 Å². The van der Waals surface area contributed by atoms with Crippen molar-refractivity contribution >= 4 is 5.97 Å². The lowest BCUT2D eigenvalue weighted by molar-refractivity contribution is -0.149. The molecule has 5 nitrogen and oxygen atoms in total. The normalized spacial score (nSPS) is 14.3. The molecule has 1 heterocycles. The van der Waals surface area contributed by atoms with Gasteiger partial charge in [0.2, 0.25) is 6.79 Å². The third-order valence-corrected chi connectivity index (χ3v) is 4.69. The van der Waals surface area contributed by atoms with Crippen LogP contribution in [0.15, 0.2) is 78.9 Å². The maximum absolute atomic E-state index is 13.0. The minimum Gasteiger partial charge on any atom is -0.460 e. The molecule has 0 aromatic heterocycles. The van der Waals surface area contributed by atoms with Gasteiger partial charge in [-0.1, -0.05) is 66.7 Å². The average molecular weight is 376 g/mol. The van der Waals surface area contributed by atoms with E-state index in [9.17, 15) is 9.90 Å². The molecule has 2 atom stereocenters. The van der Waals surface area contributed by atoms with Crippen LogP contribution in [0.4, 0.5) is 0 Å². The van der Waals surface area contributed by atoms with Crippen molar-refractivity contribution in [2.24, 2.45) is 0 Å². The Hall–Kier alpha value is -3.31. The van der Waals surface area contributed by atoms with E-state index in [1.54, 1.807) is 30.3 Å². The number of fused-ring (bicyclic) bond motifs is 1. The first kappa shape index (κ1) is 18.1. The van der Waals surface area contributed by atoms with Crippen molar-refractivity contribution in [3.05, 3.63) is 95.6 Å². The van der Waals surface area contributed by atoms with Gasteiger partial charge < -0.3 is 19.3 Å². The molecule has 142 valence electrons. The topological polar surface area (TPSA) is 65.0 Å². The van der Waals surface area contributed by atoms with Gasteiger partial charge in [-0.25, -0.2) is 0 Å². The molecule has 0 saturated carbocycles. The fourth-order valence-electron chi connectivity index (χ4n) is 3.21. The van der Waals surface area contributed by atoms with Crippen molar-refractivity contribution in [1.82, 2.24) is 0 Å². The van der Waals surface area contributed by atoms with E-state index in [-0.39, 0.29) is 13.4 Å². The number of ether oxygens (including phenoxy) is 3. The molecule has 1 aliphatic heterocycles. The van der Waals surface area contributed by atoms with E-state index in [4.69, 9.17) is 14.2 Å². The van der Waals surface area contributed by atoms with E-state index < -0.39 is 18.0 Å². The van der Waals surface area contributed by atoms with E-state index in [2.05, 4.69) is 0 Å². The van der Waals surface area contributed by atoms with Crippen LogP contribution in [0.25, 0.3) is 0 Å². The number of hydrogen-bond donors (Lipinski definition) is 1. The molecule has 0 fully saturated rings. The van der Waals surface area contributed by atoms with Crippen molar-refractivity contribution < 1.29 is 24.1 Å². The molecule has 28 heavy (non-hydrogen) atoms. The Labute approximate surface area is 163 Å². The lowest BCUT2D eigenvalue weighted by Gasteiger charge is -2.22. The highest BCUT2D eigenvalue weighted by atomic mass is 16.7. The molecule has 3 aromatic rings. The Bertz CT molecular complexity index is 940. The maximum Gasteiger partial charge on any atom is 0.316 e. The summed E-state index contributed by atoms with van der Waals surface area (Å²) in [4.78, 5) is 13.0. The van der Waals surface area contributed by atoms with Gasteiger partial charge >= 0.3 is 5.97 Å². The van der Waals surface area contributed by atoms with Crippen LogP contribution in [0, 0.1) is 0 Å². The summed E-state index contributed by atoms with van der Waals surface area (Å²) in [5.74, 6) is -0.215. The average Bonchev–Trinajstić information content (AvgIpc) is 3.22. The summed E-state index contributed by atoms with van der Waals surface area (Å²) >= 11 is 0. The zero-order valence-electron chi connectivity index (χ0n) is 15.2. The molecular weight excluding hydrogens is 356 g/mol. The van der Waals surface area contributed by atoms with Crippen molar-refractivity contribution in [1.29, 1.82) is 0 Å². The van der Waals surface area contributed by atoms with Crippen molar-refractivity contribution in [2.75, 3.05) is 6.79 Å². The monoisotopic (exact) mass is 376 g/mol. The Morgan fingerprint density at radius 3 is 2.32 bits per heavy atom. The van der Waals surface area contributed by atoms with Crippen LogP contribution >= 0.6 is 0 Å². The number of rotatable bonds is 6. The van der Waals surface area contributed by atoms with Gasteiger partial charge in [0.05, 0.1) is 6.10 Å². The molecule has 2 unspecified atom stereocenters. The zero-order valence-corrected chi connectivity index (χ0v) is 15.2. The highest BCUT2D eigenvalue weighted by Gasteiger charge is 2.32. The zero-order chi connectivity index (χ0) is 19.3. The fourth-order valence-corrected chi connectivity index (χ4v) is 3.21. The number of carbonyl (C=O) groups is 1. The molecule has 0 spiro atoms. The number of esters is 1. The van der Waals surface area contributed by atoms with Gasteiger partial charge in [0.15, 0.2) is 11.5 Å². The SMILES string of the molecule is O=C(OCc1ccccc1)C(c1ccc2c(c1)OCO2)C(O)c1ccccc1. The molecule has 0 saturated heterocycles. The van der Waals surface area contributed by atoms with E-state index in [0.29, 0.717) is 22.6 Å². The lowest BCUT2D eigenvalue weighted by atomic mass is 9.89. The highest BCUT2D eigenvalue weighted by Crippen LogP contribution is 2.39. The largest absolute Gasteiger partial charge is 0.460 e. The summed E-state index contributed by atoms with van der Waals surface area (Å²) in [6, 6.07) is 23.8. The first-order valence-electron chi connectivity index (χ1n) is 9.05. The van der Waals surface area contributed by atoms with Gasteiger partial charge in [0.1, 0.15) is 12.5 Å². The number of aliphatic hydroxyl groups excluding tert-OH is 1. The number of aliphatic hydroxyl groups is 1. The van der Waals surface area contributed by atoms with Crippen molar-refractivity contribution in [3.8, 4) is 11.5 Å². The second-order valence-electron chi connectivity index (χ2n) is 6.54. The Morgan fingerprint density at radius 2 is 1.57 bits per heavy atom. The van der Waals surface area contributed by atoms with Gasteiger partial charge in [-0.2, -0.15) is 0 Å². The standard InChI is InChI=1S/C23H20O5/c24-22(17-9-5-2-6-10-17)21(18-11-12-19-20(13-18)28-15-27-19)23(25)26-14-16-7-3-1-4-8-16/h1-13,21-22,24H,14-15H2. The third-order valence-electron chi connectivity index (χ3n) is 4.69. The van der Waals surface area contributed by atoms with Crippen LogP contribution in [0.5, 0.6) is 11.5 Å². The van der Waals surface area contributed by atoms with Crippen LogP contribution in [-0.2, 0) is 16.1 Å². The number of hydrogen-bond acceptors (Lipinski definition) is 5. The summed E-state index contributed by atoms with van der Waals surface area (Å²) in [6.45, 7) is 0.283. The quantitative estimate of drug-likeness (QED) is 0.660. The van der Waals surface area contributed by atoms with Gasteiger partial charge in [-0.15, -0.1) is 0 Å². The minimum absolute atomic E-state index is 0.141. The molecular formula is C23H20O5. The number of benzene rings is 3. The smallest absolute Gasteiger partial charge is 0.316 e. The predicted molar refractivity (Wildman–Crippen MR) is 103 cm³/mol. The van der Waals surface area contributed by atoms with Crippen LogP contribution in [0.1, 0.15) is 28.7 Å². The molecule has 3 aromatic carbocycles. The van der Waals surface area contributed by atoms with Crippen LogP contribution in [-0.4, -0.2) is 17.9 Å². The lowest BCUT2D eigenvalue weighted by Crippen LogP contribution is -2.23. The van der Waals surface area contributed by atoms with Gasteiger partial charge in [0.25, 0.3) is 0 Å². The molecule has 0 amide bonds. The molecule has 0 aliphatic carbocycles. The van der Waals surface area contributed by atoms with Crippen molar-refractivity contribution in [2.45, 2.75) is 18.6 Å². The fraction of sp³-hybridized carbons (Fsp3) is 0.174. The summed E-state index contributed by atoms with van der Waals surface area (Å²) in [7, 11) is 0. The molecule has 5 heteroatoms. The summed E-state index contributed by atoms with van der Waals surface area (Å²) in [6.07, 6.45) is -1.05. The molecule has 1 aliphatic rings. The van der Waals surface area contributed by atoms with Gasteiger partial charge in [0, 0.05) is 0 Å². The Kier molecular flexibility index (Phi) is 5.26. The van der Waals surface area contributed by atoms with Gasteiger partial charge in [-0.05, 0) is 28.8 Å². The first-order valence-corrected chi connectivity index (χ1v) is 9.05. The second kappa shape index (κ2) is 8.15. The Balaban J connectivity index is 1.62. The molecule has 4 rings (SSSR count). The molecule has 0 radical (unpaired) electrons. The Morgan fingerprint density at radius 1 is 0.893 bits per heavy atom. The van der Waals surface area contributed by atoms with Crippen LogP contribution in [0.2, 0.25) is 0 Å². The second-order valence-corrected chi connectivity index (χ2v) is 6.54. The highest BCUT2D eigenvalue weighted by molar-refractivity contribution is 5.79. The molecule has 1 N–H and O–H groups in total. The van der Waals surface area contributed by atoms with E-state index in [1.165, 1.54) is 0 Å².